The lowest BCUT2D eigenvalue weighted by Crippen LogP contribution is -2.24. The van der Waals surface area contributed by atoms with Crippen molar-refractivity contribution in [2.24, 2.45) is 0 Å². The maximum absolute atomic E-state index is 9.59. The van der Waals surface area contributed by atoms with Gasteiger partial charge in [0.15, 0.2) is 6.10 Å². The molecular formula is C10H7BrN2O. The van der Waals surface area contributed by atoms with Crippen molar-refractivity contribution in [3.05, 3.63) is 47.0 Å². The topological polar surface area (TPSA) is 56.6 Å². The van der Waals surface area contributed by atoms with Crippen molar-refractivity contribution < 1.29 is 9.90 Å². The summed E-state index contributed by atoms with van der Waals surface area (Å²) in [7, 11) is 0. The van der Waals surface area contributed by atoms with Crippen LogP contribution in [0.15, 0.2) is 30.3 Å². The monoisotopic (exact) mass is 250 g/mol. The van der Waals surface area contributed by atoms with Crippen LogP contribution in [0.4, 0.5) is 0 Å². The number of aliphatic hydroxyl groups is 1. The minimum atomic E-state index is -0.857. The summed E-state index contributed by atoms with van der Waals surface area (Å²) in [5.41, 5.74) is 10.7. The molecule has 70 valence electrons. The lowest BCUT2D eigenvalue weighted by molar-refractivity contribution is -0.0158. The number of aliphatic hydroxyl groups excluding tert-OH is 1. The Morgan fingerprint density at radius 3 is 2.57 bits per heavy atom. The second-order valence-electron chi connectivity index (χ2n) is 2.99. The van der Waals surface area contributed by atoms with Crippen molar-refractivity contribution in [3.8, 4) is 0 Å². The molecule has 1 aliphatic carbocycles. The van der Waals surface area contributed by atoms with Crippen molar-refractivity contribution in [2.75, 3.05) is 0 Å². The van der Waals surface area contributed by atoms with Crippen molar-refractivity contribution in [3.63, 3.8) is 0 Å². The number of halogens is 1. The van der Waals surface area contributed by atoms with Crippen LogP contribution in [0.1, 0.15) is 11.1 Å². The van der Waals surface area contributed by atoms with Crippen LogP contribution in [0.25, 0.3) is 10.0 Å². The van der Waals surface area contributed by atoms with Gasteiger partial charge in [0, 0.05) is 10.0 Å². The van der Waals surface area contributed by atoms with Crippen molar-refractivity contribution >= 4 is 26.1 Å². The van der Waals surface area contributed by atoms with Gasteiger partial charge in [-0.2, -0.15) is 4.79 Å². The summed E-state index contributed by atoms with van der Waals surface area (Å²) in [6, 6.07) is 7.43. The van der Waals surface area contributed by atoms with Crippen LogP contribution in [-0.2, 0) is 0 Å². The fourth-order valence-electron chi connectivity index (χ4n) is 1.49. The molecule has 0 amide bonds. The Morgan fingerprint density at radius 1 is 1.29 bits per heavy atom. The van der Waals surface area contributed by atoms with E-state index in [-0.39, 0.29) is 5.71 Å². The van der Waals surface area contributed by atoms with Crippen LogP contribution in [-0.4, -0.2) is 21.7 Å². The molecule has 1 aromatic carbocycles. The van der Waals surface area contributed by atoms with E-state index in [9.17, 15) is 5.11 Å². The summed E-state index contributed by atoms with van der Waals surface area (Å²) in [4.78, 5) is 3.11. The molecule has 2 rings (SSSR count). The van der Waals surface area contributed by atoms with E-state index < -0.39 is 6.10 Å². The van der Waals surface area contributed by atoms with Gasteiger partial charge < -0.3 is 10.6 Å². The van der Waals surface area contributed by atoms with Gasteiger partial charge in [-0.05, 0) is 12.1 Å². The van der Waals surface area contributed by atoms with E-state index >= 15 is 0 Å². The average molecular weight is 251 g/mol. The maximum atomic E-state index is 9.59. The van der Waals surface area contributed by atoms with E-state index in [2.05, 4.69) is 20.7 Å². The van der Waals surface area contributed by atoms with Crippen LogP contribution < -0.4 is 0 Å². The van der Waals surface area contributed by atoms with Crippen molar-refractivity contribution in [1.82, 2.24) is 0 Å². The van der Waals surface area contributed by atoms with Gasteiger partial charge in [0.1, 0.15) is 0 Å². The van der Waals surface area contributed by atoms with Gasteiger partial charge in [-0.25, -0.2) is 0 Å². The van der Waals surface area contributed by atoms with Crippen LogP contribution >= 0.6 is 15.9 Å². The second kappa shape index (κ2) is 3.50. The van der Waals surface area contributed by atoms with Gasteiger partial charge in [0.05, 0.1) is 5.56 Å². The first-order valence-corrected chi connectivity index (χ1v) is 4.90. The maximum Gasteiger partial charge on any atom is 0.331 e. The lowest BCUT2D eigenvalue weighted by Gasteiger charge is -2.13. The Hall–Kier alpha value is -1.22. The summed E-state index contributed by atoms with van der Waals surface area (Å²) < 4.78 is 0.813. The first-order chi connectivity index (χ1) is 6.74. The predicted molar refractivity (Wildman–Crippen MR) is 57.1 cm³/mol. The Labute approximate surface area is 89.4 Å². The van der Waals surface area contributed by atoms with E-state index in [0.717, 1.165) is 15.6 Å². The minimum absolute atomic E-state index is 0.281. The molecular weight excluding hydrogens is 244 g/mol. The van der Waals surface area contributed by atoms with E-state index in [1.54, 1.807) is 6.08 Å². The van der Waals surface area contributed by atoms with Crippen LogP contribution in [0.5, 0.6) is 0 Å². The van der Waals surface area contributed by atoms with E-state index in [4.69, 9.17) is 5.53 Å². The third-order valence-corrected chi connectivity index (χ3v) is 2.84. The molecule has 1 unspecified atom stereocenters. The fourth-order valence-corrected chi connectivity index (χ4v) is 2.09. The standard InChI is InChI=1S/C10H7BrN2O/c11-8-5-9(14)10(13-12)7-4-2-1-3-6(7)8/h1-5,9,14H. The molecule has 14 heavy (non-hydrogen) atoms. The highest BCUT2D eigenvalue weighted by Gasteiger charge is 2.29. The van der Waals surface area contributed by atoms with Crippen molar-refractivity contribution in [1.29, 1.82) is 0 Å². The SMILES string of the molecule is [N-]=[N+]=C1c2ccccc2C(Br)=CC1O. The van der Waals surface area contributed by atoms with E-state index in [1.165, 1.54) is 0 Å². The first-order valence-electron chi connectivity index (χ1n) is 4.11. The smallest absolute Gasteiger partial charge is 0.331 e. The normalized spacial score (nSPS) is 19.7. The van der Waals surface area contributed by atoms with Gasteiger partial charge in [0.25, 0.3) is 0 Å². The van der Waals surface area contributed by atoms with Crippen LogP contribution in [0.3, 0.4) is 0 Å². The number of hydrogen-bond donors (Lipinski definition) is 1. The van der Waals surface area contributed by atoms with Gasteiger partial charge in [0.2, 0.25) is 0 Å². The quantitative estimate of drug-likeness (QED) is 0.554. The molecule has 1 N–H and O–H groups in total. The Bertz CT molecular complexity index is 461. The Morgan fingerprint density at radius 2 is 1.93 bits per heavy atom. The summed E-state index contributed by atoms with van der Waals surface area (Å²) >= 11 is 3.35. The minimum Gasteiger partial charge on any atom is -0.377 e. The molecule has 0 saturated heterocycles. The zero-order chi connectivity index (χ0) is 10.1. The predicted octanol–water partition coefficient (Wildman–Crippen LogP) is 1.82. The number of hydrogen-bond acceptors (Lipinski definition) is 1. The van der Waals surface area contributed by atoms with Gasteiger partial charge in [-0.15, -0.1) is 0 Å². The molecule has 1 aromatic rings. The third-order valence-electron chi connectivity index (χ3n) is 2.15. The largest absolute Gasteiger partial charge is 0.377 e. The number of fused-ring (bicyclic) bond motifs is 1. The second-order valence-corrected chi connectivity index (χ2v) is 3.84. The molecule has 0 bridgehead atoms. The lowest BCUT2D eigenvalue weighted by atomic mass is 9.94. The number of rotatable bonds is 0. The fraction of sp³-hybridized carbons (Fsp3) is 0.100. The highest BCUT2D eigenvalue weighted by molar-refractivity contribution is 9.15. The average Bonchev–Trinajstić information content (AvgIpc) is 2.18. The molecule has 0 aliphatic heterocycles. The summed E-state index contributed by atoms with van der Waals surface area (Å²) in [6.07, 6.45) is 0.737. The van der Waals surface area contributed by atoms with E-state index in [1.807, 2.05) is 24.3 Å². The molecule has 1 atom stereocenters. The summed E-state index contributed by atoms with van der Waals surface area (Å²) in [5.74, 6) is 0. The number of nitrogens with zero attached hydrogens (tertiary/aromatic N) is 2. The van der Waals surface area contributed by atoms with Gasteiger partial charge >= 0.3 is 5.71 Å². The van der Waals surface area contributed by atoms with Crippen LogP contribution in [0, 0.1) is 0 Å². The molecule has 1 aliphatic rings. The summed E-state index contributed by atoms with van der Waals surface area (Å²) in [6.45, 7) is 0. The van der Waals surface area contributed by atoms with Crippen LogP contribution in [0.2, 0.25) is 0 Å². The Balaban J connectivity index is 2.72. The molecule has 0 fully saturated rings. The molecule has 0 saturated carbocycles. The zero-order valence-electron chi connectivity index (χ0n) is 7.18. The molecule has 0 radical (unpaired) electrons. The molecule has 0 aromatic heterocycles. The zero-order valence-corrected chi connectivity index (χ0v) is 8.77. The molecule has 0 heterocycles. The number of benzene rings is 1. The van der Waals surface area contributed by atoms with E-state index in [0.29, 0.717) is 0 Å². The third kappa shape index (κ3) is 1.34. The van der Waals surface area contributed by atoms with Crippen molar-refractivity contribution in [2.45, 2.75) is 6.10 Å². The Kier molecular flexibility index (Phi) is 2.33. The first kappa shape index (κ1) is 9.34. The summed E-state index contributed by atoms with van der Waals surface area (Å²) in [5, 5.41) is 9.59. The highest BCUT2D eigenvalue weighted by Crippen LogP contribution is 2.30. The molecule has 3 nitrogen and oxygen atoms in total. The van der Waals surface area contributed by atoms with Gasteiger partial charge in [-0.3, -0.25) is 0 Å². The molecule has 0 spiro atoms. The highest BCUT2D eigenvalue weighted by atomic mass is 79.9. The molecule has 4 heteroatoms. The van der Waals surface area contributed by atoms with Gasteiger partial charge in [-0.1, -0.05) is 34.1 Å².